The molecule has 0 aromatic heterocycles. The van der Waals surface area contributed by atoms with Crippen LogP contribution in [0, 0.1) is 0 Å². The Morgan fingerprint density at radius 3 is 1.36 bits per heavy atom. The maximum atomic E-state index is 13.2. The molecule has 0 spiro atoms. The first-order chi connectivity index (χ1) is 29.0. The molecule has 6 nitrogen and oxygen atoms in total. The van der Waals surface area contributed by atoms with Crippen molar-refractivity contribution in [1.29, 1.82) is 0 Å². The fraction of sp³-hybridized carbons (Fsp3) is 0.811. The van der Waals surface area contributed by atoms with Gasteiger partial charge in [-0.2, -0.15) is 0 Å². The zero-order valence-electron chi connectivity index (χ0n) is 39.1. The molecule has 0 rings (SSSR count). The number of esters is 1. The van der Waals surface area contributed by atoms with Crippen molar-refractivity contribution in [2.24, 2.45) is 0 Å². The van der Waals surface area contributed by atoms with Crippen LogP contribution in [0.2, 0.25) is 0 Å². The molecule has 0 aliphatic heterocycles. The van der Waals surface area contributed by atoms with Crippen LogP contribution in [-0.2, 0) is 14.3 Å². The summed E-state index contributed by atoms with van der Waals surface area (Å²) in [7, 11) is 0. The largest absolute Gasteiger partial charge is 0.461 e. The molecule has 3 N–H and O–H groups in total. The van der Waals surface area contributed by atoms with Gasteiger partial charge in [0, 0.05) is 12.8 Å². The van der Waals surface area contributed by atoms with Crippen LogP contribution in [0.1, 0.15) is 252 Å². The van der Waals surface area contributed by atoms with E-state index in [2.05, 4.69) is 68.6 Å². The van der Waals surface area contributed by atoms with E-state index in [9.17, 15) is 19.8 Å². The van der Waals surface area contributed by atoms with Crippen molar-refractivity contribution in [2.45, 2.75) is 270 Å². The van der Waals surface area contributed by atoms with E-state index >= 15 is 0 Å². The first-order valence-electron chi connectivity index (χ1n) is 25.4. The molecule has 0 bridgehead atoms. The Morgan fingerprint density at radius 2 is 0.898 bits per heavy atom. The van der Waals surface area contributed by atoms with Crippen LogP contribution < -0.4 is 5.32 Å². The smallest absolute Gasteiger partial charge is 0.306 e. The van der Waals surface area contributed by atoms with Gasteiger partial charge in [-0.15, -0.1) is 0 Å². The average Bonchev–Trinajstić information content (AvgIpc) is 3.23. The Kier molecular flexibility index (Phi) is 45.1. The standard InChI is InChI=1S/C53H97NO5/c1-4-7-10-13-16-19-22-25-26-28-29-32-35-38-41-44-49(59-53(58)46-43-40-37-34-31-24-21-18-15-12-9-6-3)47-52(57)54-50(48-55)51(56)45-42-39-36-33-30-27-23-20-17-14-11-8-5-2/h16,19,25-26,29,32,38,41,49-51,55-56H,4-15,17-18,20-24,27-28,30-31,33-37,39-40,42-48H2,1-3H3,(H,54,57)/b19-16-,26-25-,32-29-,41-38-. The highest BCUT2D eigenvalue weighted by Crippen LogP contribution is 2.17. The van der Waals surface area contributed by atoms with Gasteiger partial charge in [0.2, 0.25) is 5.91 Å². The highest BCUT2D eigenvalue weighted by Gasteiger charge is 2.23. The second-order valence-electron chi connectivity index (χ2n) is 17.2. The molecule has 0 heterocycles. The lowest BCUT2D eigenvalue weighted by atomic mass is 10.0. The molecule has 344 valence electrons. The van der Waals surface area contributed by atoms with E-state index < -0.39 is 18.2 Å². The van der Waals surface area contributed by atoms with Crippen LogP contribution in [0.4, 0.5) is 0 Å². The quantitative estimate of drug-likeness (QED) is 0.0323. The number of unbranched alkanes of at least 4 members (excludes halogenated alkanes) is 26. The lowest BCUT2D eigenvalue weighted by Gasteiger charge is -2.24. The van der Waals surface area contributed by atoms with Gasteiger partial charge in [0.1, 0.15) is 6.10 Å². The summed E-state index contributed by atoms with van der Waals surface area (Å²) in [6.07, 6.45) is 56.1. The summed E-state index contributed by atoms with van der Waals surface area (Å²) in [5.41, 5.74) is 0. The number of aliphatic hydroxyl groups is 2. The van der Waals surface area contributed by atoms with E-state index in [0.717, 1.165) is 57.8 Å². The van der Waals surface area contributed by atoms with Gasteiger partial charge in [0.25, 0.3) is 0 Å². The number of ether oxygens (including phenoxy) is 1. The Labute approximate surface area is 366 Å². The van der Waals surface area contributed by atoms with Crippen molar-refractivity contribution >= 4 is 11.9 Å². The summed E-state index contributed by atoms with van der Waals surface area (Å²) in [4.78, 5) is 26.0. The first-order valence-corrected chi connectivity index (χ1v) is 25.4. The topological polar surface area (TPSA) is 95.9 Å². The molecule has 0 fully saturated rings. The molecule has 59 heavy (non-hydrogen) atoms. The number of hydrogen-bond acceptors (Lipinski definition) is 5. The van der Waals surface area contributed by atoms with Crippen molar-refractivity contribution in [1.82, 2.24) is 5.32 Å². The number of nitrogens with one attached hydrogen (secondary N) is 1. The van der Waals surface area contributed by atoms with Gasteiger partial charge in [0.15, 0.2) is 0 Å². The van der Waals surface area contributed by atoms with E-state index in [4.69, 9.17) is 4.74 Å². The molecular weight excluding hydrogens is 731 g/mol. The minimum atomic E-state index is -0.808. The molecule has 1 amide bonds. The van der Waals surface area contributed by atoms with Gasteiger partial charge in [-0.25, -0.2) is 0 Å². The van der Waals surface area contributed by atoms with Crippen molar-refractivity contribution in [3.05, 3.63) is 48.6 Å². The molecule has 0 aliphatic rings. The molecule has 3 atom stereocenters. The van der Waals surface area contributed by atoms with Crippen LogP contribution in [-0.4, -0.2) is 46.9 Å². The van der Waals surface area contributed by atoms with Crippen molar-refractivity contribution in [3.8, 4) is 0 Å². The number of amides is 1. The highest BCUT2D eigenvalue weighted by atomic mass is 16.5. The number of hydrogen-bond donors (Lipinski definition) is 3. The van der Waals surface area contributed by atoms with Crippen molar-refractivity contribution in [2.75, 3.05) is 6.61 Å². The number of carbonyl (C=O) groups excluding carboxylic acids is 2. The predicted molar refractivity (Wildman–Crippen MR) is 255 cm³/mol. The van der Waals surface area contributed by atoms with E-state index in [-0.39, 0.29) is 24.9 Å². The molecule has 0 saturated carbocycles. The lowest BCUT2D eigenvalue weighted by Crippen LogP contribution is -2.46. The average molecular weight is 828 g/mol. The normalized spacial score (nSPS) is 13.6. The van der Waals surface area contributed by atoms with E-state index in [0.29, 0.717) is 19.3 Å². The molecule has 0 aliphatic carbocycles. The fourth-order valence-electron chi connectivity index (χ4n) is 7.53. The van der Waals surface area contributed by atoms with Crippen molar-refractivity contribution < 1.29 is 24.5 Å². The second kappa shape index (κ2) is 46.9. The number of allylic oxidation sites excluding steroid dienone is 7. The van der Waals surface area contributed by atoms with Crippen molar-refractivity contribution in [3.63, 3.8) is 0 Å². The van der Waals surface area contributed by atoms with E-state index in [1.807, 2.05) is 6.08 Å². The van der Waals surface area contributed by atoms with Crippen LogP contribution in [0.5, 0.6) is 0 Å². The molecular formula is C53H97NO5. The minimum absolute atomic E-state index is 0.00414. The summed E-state index contributed by atoms with van der Waals surface area (Å²) in [6, 6.07) is -0.728. The zero-order chi connectivity index (χ0) is 43.1. The van der Waals surface area contributed by atoms with Crippen LogP contribution in [0.15, 0.2) is 48.6 Å². The Bertz CT molecular complexity index is 1020. The maximum absolute atomic E-state index is 13.2. The molecule has 0 aromatic rings. The molecule has 0 aromatic carbocycles. The SMILES string of the molecule is CCCCC/C=C\C/C=C\C/C=C\C/C=C\CC(CC(=O)NC(CO)C(O)CCCCCCCCCCCCCCC)OC(=O)CCCCCCCCCCCCCC. The van der Waals surface area contributed by atoms with E-state index in [1.165, 1.54) is 148 Å². The van der Waals surface area contributed by atoms with Crippen LogP contribution in [0.3, 0.4) is 0 Å². The van der Waals surface area contributed by atoms with Gasteiger partial charge >= 0.3 is 5.97 Å². The number of aliphatic hydroxyl groups excluding tert-OH is 2. The minimum Gasteiger partial charge on any atom is -0.461 e. The predicted octanol–water partition coefficient (Wildman–Crippen LogP) is 15.1. The maximum Gasteiger partial charge on any atom is 0.306 e. The third kappa shape index (κ3) is 42.3. The first kappa shape index (κ1) is 56.8. The summed E-state index contributed by atoms with van der Waals surface area (Å²) < 4.78 is 5.86. The fourth-order valence-corrected chi connectivity index (χ4v) is 7.53. The zero-order valence-corrected chi connectivity index (χ0v) is 39.1. The Morgan fingerprint density at radius 1 is 0.508 bits per heavy atom. The number of rotatable bonds is 45. The molecule has 0 saturated heterocycles. The van der Waals surface area contributed by atoms with E-state index in [1.54, 1.807) is 0 Å². The van der Waals surface area contributed by atoms with Gasteiger partial charge < -0.3 is 20.3 Å². The van der Waals surface area contributed by atoms with Crippen LogP contribution >= 0.6 is 0 Å². The monoisotopic (exact) mass is 828 g/mol. The van der Waals surface area contributed by atoms with Crippen LogP contribution in [0.25, 0.3) is 0 Å². The van der Waals surface area contributed by atoms with Gasteiger partial charge in [-0.05, 0) is 44.9 Å². The summed E-state index contributed by atoms with van der Waals surface area (Å²) in [5, 5.41) is 23.7. The molecule has 6 heteroatoms. The highest BCUT2D eigenvalue weighted by molar-refractivity contribution is 5.77. The summed E-state index contributed by atoms with van der Waals surface area (Å²) in [6.45, 7) is 6.43. The number of carbonyl (C=O) groups is 2. The molecule has 0 radical (unpaired) electrons. The van der Waals surface area contributed by atoms with Gasteiger partial charge in [-0.3, -0.25) is 9.59 Å². The summed E-state index contributed by atoms with van der Waals surface area (Å²) >= 11 is 0. The third-order valence-electron chi connectivity index (χ3n) is 11.4. The lowest BCUT2D eigenvalue weighted by molar-refractivity contribution is -0.150. The Hall–Kier alpha value is -2.18. The second-order valence-corrected chi connectivity index (χ2v) is 17.2. The Balaban J connectivity index is 4.70. The third-order valence-corrected chi connectivity index (χ3v) is 11.4. The van der Waals surface area contributed by atoms with Gasteiger partial charge in [0.05, 0.1) is 25.2 Å². The van der Waals surface area contributed by atoms with Gasteiger partial charge in [-0.1, -0.05) is 236 Å². The molecule has 3 unspecified atom stereocenters. The summed E-state index contributed by atoms with van der Waals surface area (Å²) in [5.74, 6) is -0.570.